The van der Waals surface area contributed by atoms with Gasteiger partial charge in [-0.3, -0.25) is 9.59 Å². The lowest BCUT2D eigenvalue weighted by atomic mass is 9.95. The van der Waals surface area contributed by atoms with E-state index in [0.717, 1.165) is 45.7 Å². The second-order valence-corrected chi connectivity index (χ2v) is 10.3. The number of halogens is 3. The van der Waals surface area contributed by atoms with Crippen molar-refractivity contribution < 1.29 is 37.3 Å². The van der Waals surface area contributed by atoms with Crippen molar-refractivity contribution in [3.8, 4) is 22.6 Å². The molecule has 2 N–H and O–H groups in total. The Morgan fingerprint density at radius 3 is 2.29 bits per heavy atom. The van der Waals surface area contributed by atoms with Gasteiger partial charge in [0.1, 0.15) is 11.5 Å². The minimum Gasteiger partial charge on any atom is -0.493 e. The summed E-state index contributed by atoms with van der Waals surface area (Å²) in [5.74, 6) is -0.500. The molecule has 0 fully saturated rings. The Labute approximate surface area is 223 Å². The zero-order chi connectivity index (χ0) is 27.9. The number of rotatable bonds is 12. The maximum Gasteiger partial charge on any atom is 0.573 e. The molecule has 2 aromatic carbocycles. The summed E-state index contributed by atoms with van der Waals surface area (Å²) in [5, 5.41) is 11.3. The second-order valence-electron chi connectivity index (χ2n) is 9.12. The monoisotopic (exact) mass is 549 g/mol. The van der Waals surface area contributed by atoms with E-state index < -0.39 is 12.3 Å². The highest BCUT2D eigenvalue weighted by Gasteiger charge is 2.31. The summed E-state index contributed by atoms with van der Waals surface area (Å²) in [7, 11) is 0. The maximum atomic E-state index is 12.4. The largest absolute Gasteiger partial charge is 0.573 e. The number of hydrogen-bond acceptors (Lipinski definition) is 5. The highest BCUT2D eigenvalue weighted by Crippen LogP contribution is 2.33. The number of thiophene rings is 1. The van der Waals surface area contributed by atoms with Crippen LogP contribution in [0.15, 0.2) is 48.5 Å². The first kappa shape index (κ1) is 29.0. The van der Waals surface area contributed by atoms with Gasteiger partial charge in [0, 0.05) is 11.4 Å². The molecule has 1 amide bonds. The minimum atomic E-state index is -4.72. The fraction of sp³-hybridized carbons (Fsp3) is 0.357. The third-order valence-corrected chi connectivity index (χ3v) is 6.95. The molecule has 0 aliphatic rings. The number of ether oxygens (including phenoxy) is 2. The van der Waals surface area contributed by atoms with Crippen LogP contribution in [-0.2, 0) is 11.2 Å². The van der Waals surface area contributed by atoms with Crippen LogP contribution in [0.3, 0.4) is 0 Å². The number of benzene rings is 2. The van der Waals surface area contributed by atoms with E-state index in [1.807, 2.05) is 32.0 Å². The third kappa shape index (κ3) is 8.79. The van der Waals surface area contributed by atoms with Crippen LogP contribution in [0.25, 0.3) is 11.1 Å². The first-order valence-electron chi connectivity index (χ1n) is 12.1. The Hall–Kier alpha value is -3.53. The van der Waals surface area contributed by atoms with Gasteiger partial charge in [-0.15, -0.1) is 24.5 Å². The SMILES string of the molecule is Cc1cc(OCC(C)CCc2ccc(C(=O)NCCC(=O)O)s2)cc(C)c1-c1ccc(OC(F)(F)F)cc1. The molecule has 0 radical (unpaired) electrons. The number of alkyl halides is 3. The van der Waals surface area contributed by atoms with Crippen LogP contribution in [0.5, 0.6) is 11.5 Å². The smallest absolute Gasteiger partial charge is 0.493 e. The number of carboxylic acid groups (broad SMARTS) is 1. The molecule has 1 unspecified atom stereocenters. The van der Waals surface area contributed by atoms with E-state index >= 15 is 0 Å². The summed E-state index contributed by atoms with van der Waals surface area (Å²) >= 11 is 1.40. The van der Waals surface area contributed by atoms with Crippen LogP contribution in [0.2, 0.25) is 0 Å². The minimum absolute atomic E-state index is 0.0961. The normalized spacial score (nSPS) is 12.2. The second kappa shape index (κ2) is 12.8. The lowest BCUT2D eigenvalue weighted by molar-refractivity contribution is -0.274. The zero-order valence-electron chi connectivity index (χ0n) is 21.4. The molecular formula is C28H30F3NO5S. The zero-order valence-corrected chi connectivity index (χ0v) is 22.2. The van der Waals surface area contributed by atoms with E-state index in [-0.39, 0.29) is 30.5 Å². The molecule has 0 bridgehead atoms. The van der Waals surface area contributed by atoms with E-state index in [1.54, 1.807) is 18.2 Å². The summed E-state index contributed by atoms with van der Waals surface area (Å²) in [5.41, 5.74) is 3.62. The Morgan fingerprint density at radius 2 is 1.68 bits per heavy atom. The number of carbonyl (C=O) groups is 2. The first-order chi connectivity index (χ1) is 17.9. The Bertz CT molecular complexity index is 1230. The fourth-order valence-corrected chi connectivity index (χ4v) is 4.94. The summed E-state index contributed by atoms with van der Waals surface area (Å²) in [4.78, 5) is 24.3. The molecular weight excluding hydrogens is 519 g/mol. The summed E-state index contributed by atoms with van der Waals surface area (Å²) < 4.78 is 47.3. The van der Waals surface area contributed by atoms with Crippen LogP contribution in [0.4, 0.5) is 13.2 Å². The van der Waals surface area contributed by atoms with Crippen molar-refractivity contribution in [3.05, 3.63) is 69.4 Å². The van der Waals surface area contributed by atoms with Crippen molar-refractivity contribution in [3.63, 3.8) is 0 Å². The van der Waals surface area contributed by atoms with E-state index in [0.29, 0.717) is 11.5 Å². The molecule has 1 aromatic heterocycles. The fourth-order valence-electron chi connectivity index (χ4n) is 4.00. The Balaban J connectivity index is 1.51. The van der Waals surface area contributed by atoms with Gasteiger partial charge in [0.25, 0.3) is 5.91 Å². The van der Waals surface area contributed by atoms with E-state index in [9.17, 15) is 22.8 Å². The van der Waals surface area contributed by atoms with Gasteiger partial charge in [-0.25, -0.2) is 0 Å². The molecule has 0 aliphatic carbocycles. The number of carbonyl (C=O) groups excluding carboxylic acids is 1. The van der Waals surface area contributed by atoms with E-state index in [1.165, 1.54) is 23.5 Å². The molecule has 10 heteroatoms. The van der Waals surface area contributed by atoms with Crippen molar-refractivity contribution in [2.75, 3.05) is 13.2 Å². The Morgan fingerprint density at radius 1 is 1.03 bits per heavy atom. The van der Waals surface area contributed by atoms with Crippen LogP contribution in [0, 0.1) is 19.8 Å². The van der Waals surface area contributed by atoms with Gasteiger partial charge in [-0.2, -0.15) is 0 Å². The summed E-state index contributed by atoms with van der Waals surface area (Å²) in [6.45, 7) is 6.57. The van der Waals surface area contributed by atoms with Crippen molar-refractivity contribution in [2.45, 2.75) is 46.4 Å². The van der Waals surface area contributed by atoms with Crippen molar-refractivity contribution in [1.82, 2.24) is 5.32 Å². The summed E-state index contributed by atoms with van der Waals surface area (Å²) in [6, 6.07) is 13.3. The van der Waals surface area contributed by atoms with Crippen molar-refractivity contribution in [2.24, 2.45) is 5.92 Å². The molecule has 6 nitrogen and oxygen atoms in total. The quantitative estimate of drug-likeness (QED) is 0.260. The predicted molar refractivity (Wildman–Crippen MR) is 140 cm³/mol. The molecule has 0 spiro atoms. The van der Waals surface area contributed by atoms with Crippen molar-refractivity contribution in [1.29, 1.82) is 0 Å². The number of nitrogens with one attached hydrogen (secondary N) is 1. The highest BCUT2D eigenvalue weighted by atomic mass is 32.1. The molecule has 0 aliphatic heterocycles. The van der Waals surface area contributed by atoms with E-state index in [4.69, 9.17) is 9.84 Å². The van der Waals surface area contributed by atoms with Gasteiger partial charge >= 0.3 is 12.3 Å². The number of amides is 1. The summed E-state index contributed by atoms with van der Waals surface area (Å²) in [6.07, 6.45) is -3.18. The van der Waals surface area contributed by atoms with Gasteiger partial charge in [0.2, 0.25) is 0 Å². The molecule has 38 heavy (non-hydrogen) atoms. The van der Waals surface area contributed by atoms with Gasteiger partial charge < -0.3 is 19.9 Å². The molecule has 1 atom stereocenters. The number of hydrogen-bond donors (Lipinski definition) is 2. The predicted octanol–water partition coefficient (Wildman–Crippen LogP) is 6.78. The van der Waals surface area contributed by atoms with Gasteiger partial charge in [-0.1, -0.05) is 19.1 Å². The average Bonchev–Trinajstić information content (AvgIpc) is 3.30. The van der Waals surface area contributed by atoms with Crippen LogP contribution in [0.1, 0.15) is 45.4 Å². The molecule has 0 saturated heterocycles. The average molecular weight is 550 g/mol. The lowest BCUT2D eigenvalue weighted by Gasteiger charge is -2.17. The standard InChI is InChI=1S/C28H30F3NO5S/c1-17(4-9-23-10-11-24(38-23)27(35)32-13-12-25(33)34)16-36-22-14-18(2)26(19(3)15-22)20-5-7-21(8-6-20)37-28(29,30)31/h5-8,10-11,14-15,17H,4,9,12-13,16H2,1-3H3,(H,32,35)(H,33,34). The molecule has 3 aromatic rings. The van der Waals surface area contributed by atoms with Crippen molar-refractivity contribution >= 4 is 23.2 Å². The van der Waals surface area contributed by atoms with Gasteiger partial charge in [0.05, 0.1) is 17.9 Å². The van der Waals surface area contributed by atoms with E-state index in [2.05, 4.69) is 17.0 Å². The lowest BCUT2D eigenvalue weighted by Crippen LogP contribution is -2.25. The highest BCUT2D eigenvalue weighted by molar-refractivity contribution is 7.14. The Kier molecular flexibility index (Phi) is 9.79. The molecule has 0 saturated carbocycles. The van der Waals surface area contributed by atoms with Crippen LogP contribution >= 0.6 is 11.3 Å². The molecule has 3 rings (SSSR count). The molecule has 1 heterocycles. The van der Waals surface area contributed by atoms with Crippen LogP contribution < -0.4 is 14.8 Å². The van der Waals surface area contributed by atoms with Gasteiger partial charge in [-0.05, 0) is 91.3 Å². The first-order valence-corrected chi connectivity index (χ1v) is 12.9. The van der Waals surface area contributed by atoms with Crippen LogP contribution in [-0.4, -0.2) is 36.5 Å². The topological polar surface area (TPSA) is 84.9 Å². The van der Waals surface area contributed by atoms with Gasteiger partial charge in [0.15, 0.2) is 0 Å². The molecule has 204 valence electrons. The maximum absolute atomic E-state index is 12.4. The number of carboxylic acids is 1. The number of aliphatic carboxylic acids is 1. The number of aryl methyl sites for hydroxylation is 3. The third-order valence-electron chi connectivity index (χ3n) is 5.81.